The van der Waals surface area contributed by atoms with Crippen LogP contribution in [0, 0.1) is 0 Å². The standard InChI is InChI=1S/C26H20F7NO5/c27-24(28)26(32,33)39-21-9-2-4-16(11-21)13-34(14-22(35)25(29,30)31)19-7-3-8-20(12-19)38-15-17-5-1-6-18(10-17)23(36)37/h1-13,22,24,35H,14-15H2/p+1. The first-order chi connectivity index (χ1) is 18.2. The average molecular weight is 560 g/mol. The molecule has 3 rings (SSSR count). The molecule has 6 nitrogen and oxygen atoms in total. The molecule has 0 radical (unpaired) electrons. The number of aliphatic hydroxyl groups is 1. The Morgan fingerprint density at radius 1 is 0.923 bits per heavy atom. The summed E-state index contributed by atoms with van der Waals surface area (Å²) < 4.78 is 102. The van der Waals surface area contributed by atoms with E-state index >= 15 is 0 Å². The normalized spacial score (nSPS) is 13.3. The zero-order chi connectivity index (χ0) is 28.8. The summed E-state index contributed by atoms with van der Waals surface area (Å²) in [5, 5.41) is 18.8. The number of rotatable bonds is 11. The van der Waals surface area contributed by atoms with E-state index in [2.05, 4.69) is 4.74 Å². The number of carbonyl (C=O) groups is 1. The Morgan fingerprint density at radius 2 is 1.59 bits per heavy atom. The molecule has 39 heavy (non-hydrogen) atoms. The van der Waals surface area contributed by atoms with Gasteiger partial charge < -0.3 is 19.7 Å². The van der Waals surface area contributed by atoms with Crippen LogP contribution in [0.1, 0.15) is 21.5 Å². The average Bonchev–Trinajstić information content (AvgIpc) is 2.86. The maximum absolute atomic E-state index is 13.3. The zero-order valence-corrected chi connectivity index (χ0v) is 19.8. The van der Waals surface area contributed by atoms with E-state index in [1.165, 1.54) is 54.6 Å². The maximum atomic E-state index is 13.3. The fraction of sp³-hybridized carbons (Fsp3) is 0.231. The predicted molar refractivity (Wildman–Crippen MR) is 124 cm³/mol. The lowest BCUT2D eigenvalue weighted by atomic mass is 10.1. The second-order valence-corrected chi connectivity index (χ2v) is 8.17. The molecule has 3 aromatic carbocycles. The first kappa shape index (κ1) is 29.4. The van der Waals surface area contributed by atoms with E-state index in [0.29, 0.717) is 5.56 Å². The van der Waals surface area contributed by atoms with Crippen molar-refractivity contribution in [1.82, 2.24) is 0 Å². The Labute approximate surface area is 217 Å². The van der Waals surface area contributed by atoms with Crippen molar-refractivity contribution in [2.24, 2.45) is 0 Å². The third-order valence-electron chi connectivity index (χ3n) is 5.15. The van der Waals surface area contributed by atoms with E-state index < -0.39 is 43.1 Å². The molecule has 0 saturated heterocycles. The monoisotopic (exact) mass is 560 g/mol. The molecule has 0 spiro atoms. The van der Waals surface area contributed by atoms with Gasteiger partial charge in [0.1, 0.15) is 18.1 Å². The van der Waals surface area contributed by atoms with Gasteiger partial charge in [-0.15, -0.1) is 0 Å². The number of carboxylic acids is 1. The molecule has 0 bridgehead atoms. The van der Waals surface area contributed by atoms with Gasteiger partial charge >= 0.3 is 24.7 Å². The smallest absolute Gasteiger partial charge is 0.461 e. The fourth-order valence-corrected chi connectivity index (χ4v) is 3.28. The first-order valence-electron chi connectivity index (χ1n) is 11.1. The molecule has 0 saturated carbocycles. The third-order valence-corrected chi connectivity index (χ3v) is 5.15. The number of carboxylic acid groups (broad SMARTS) is 1. The van der Waals surface area contributed by atoms with Crippen LogP contribution in [0.15, 0.2) is 72.8 Å². The number of hydrogen-bond donors (Lipinski definition) is 2. The molecule has 0 aliphatic rings. The number of benzene rings is 3. The van der Waals surface area contributed by atoms with Gasteiger partial charge in [-0.2, -0.15) is 35.3 Å². The van der Waals surface area contributed by atoms with Gasteiger partial charge in [-0.1, -0.05) is 24.3 Å². The van der Waals surface area contributed by atoms with Gasteiger partial charge in [-0.25, -0.2) is 4.79 Å². The van der Waals surface area contributed by atoms with E-state index in [4.69, 9.17) is 9.84 Å². The topological polar surface area (TPSA) is 79.0 Å². The van der Waals surface area contributed by atoms with Crippen LogP contribution < -0.4 is 9.47 Å². The highest BCUT2D eigenvalue weighted by molar-refractivity contribution is 5.87. The molecular formula is C26H21F7NO5+. The Morgan fingerprint density at radius 3 is 2.26 bits per heavy atom. The van der Waals surface area contributed by atoms with Gasteiger partial charge in [-0.05, 0) is 42.0 Å². The van der Waals surface area contributed by atoms with Gasteiger partial charge in [0.15, 0.2) is 12.8 Å². The van der Waals surface area contributed by atoms with Crippen LogP contribution in [0.3, 0.4) is 0 Å². The second-order valence-electron chi connectivity index (χ2n) is 8.17. The summed E-state index contributed by atoms with van der Waals surface area (Å²) in [6, 6.07) is 15.9. The van der Waals surface area contributed by atoms with Crippen LogP contribution >= 0.6 is 0 Å². The van der Waals surface area contributed by atoms with Crippen molar-refractivity contribution in [3.8, 4) is 11.5 Å². The van der Waals surface area contributed by atoms with Crippen LogP contribution in [-0.2, 0) is 6.61 Å². The van der Waals surface area contributed by atoms with E-state index in [9.17, 15) is 40.6 Å². The minimum atomic E-state index is -4.99. The highest BCUT2D eigenvalue weighted by Crippen LogP contribution is 2.29. The van der Waals surface area contributed by atoms with Crippen LogP contribution in [0.4, 0.5) is 36.4 Å². The minimum absolute atomic E-state index is 0.00347. The second kappa shape index (κ2) is 12.2. The highest BCUT2D eigenvalue weighted by Gasteiger charge is 2.44. The number of halogens is 7. The van der Waals surface area contributed by atoms with Gasteiger partial charge in [0.25, 0.3) is 0 Å². The number of aromatic carboxylic acids is 1. The van der Waals surface area contributed by atoms with Crippen molar-refractivity contribution in [2.45, 2.75) is 31.4 Å². The highest BCUT2D eigenvalue weighted by atomic mass is 19.4. The van der Waals surface area contributed by atoms with E-state index in [-0.39, 0.29) is 29.2 Å². The van der Waals surface area contributed by atoms with Crippen molar-refractivity contribution in [3.63, 3.8) is 0 Å². The van der Waals surface area contributed by atoms with Gasteiger partial charge in [0.2, 0.25) is 11.8 Å². The lowest BCUT2D eigenvalue weighted by Crippen LogP contribution is -2.36. The number of hydrogen-bond acceptors (Lipinski definition) is 4. The Bertz CT molecular complexity index is 1330. The Balaban J connectivity index is 1.91. The molecule has 2 N–H and O–H groups in total. The van der Waals surface area contributed by atoms with Gasteiger partial charge in [-0.3, -0.25) is 0 Å². The fourth-order valence-electron chi connectivity index (χ4n) is 3.28. The van der Waals surface area contributed by atoms with E-state index in [1.54, 1.807) is 6.07 Å². The molecule has 0 aliphatic carbocycles. The van der Waals surface area contributed by atoms with Crippen LogP contribution in [-0.4, -0.2) is 58.3 Å². The summed E-state index contributed by atoms with van der Waals surface area (Å²) in [6.07, 6.45) is -15.6. The molecule has 3 aromatic rings. The number of alkyl halides is 7. The van der Waals surface area contributed by atoms with Crippen LogP contribution in [0.5, 0.6) is 11.5 Å². The van der Waals surface area contributed by atoms with Crippen molar-refractivity contribution in [2.75, 3.05) is 6.54 Å². The number of ether oxygens (including phenoxy) is 2. The molecule has 0 aliphatic heterocycles. The number of nitrogens with zero attached hydrogens (tertiary/aromatic N) is 1. The Hall–Kier alpha value is -4.13. The largest absolute Gasteiger partial charge is 0.489 e. The lowest BCUT2D eigenvalue weighted by molar-refractivity contribution is -0.460. The predicted octanol–water partition coefficient (Wildman–Crippen LogP) is 5.89. The van der Waals surface area contributed by atoms with E-state index in [1.807, 2.05) is 0 Å². The molecule has 0 fully saturated rings. The van der Waals surface area contributed by atoms with Gasteiger partial charge in [0, 0.05) is 11.6 Å². The van der Waals surface area contributed by atoms with Crippen molar-refractivity contribution >= 4 is 17.9 Å². The molecule has 208 valence electrons. The van der Waals surface area contributed by atoms with Crippen LogP contribution in [0.2, 0.25) is 0 Å². The SMILES string of the molecule is O=C(O)c1cccc(COc2cccc([N+](=Cc3cccc(OC(F)(F)C(F)F)c3)CC(O)C(F)(F)F)c2)c1. The summed E-state index contributed by atoms with van der Waals surface area (Å²) in [6.45, 7) is -1.08. The first-order valence-corrected chi connectivity index (χ1v) is 11.1. The molecule has 1 atom stereocenters. The molecule has 0 heterocycles. The Kier molecular flexibility index (Phi) is 9.17. The summed E-state index contributed by atoms with van der Waals surface area (Å²) in [5.74, 6) is -1.62. The van der Waals surface area contributed by atoms with Crippen molar-refractivity contribution in [1.29, 1.82) is 0 Å². The minimum Gasteiger partial charge on any atom is -0.489 e. The lowest BCUT2D eigenvalue weighted by Gasteiger charge is -2.17. The summed E-state index contributed by atoms with van der Waals surface area (Å²) in [4.78, 5) is 11.1. The number of aliphatic hydroxyl groups excluding tert-OH is 1. The molecule has 1 unspecified atom stereocenters. The van der Waals surface area contributed by atoms with Crippen molar-refractivity contribution < 1.29 is 59.8 Å². The zero-order valence-electron chi connectivity index (χ0n) is 19.8. The molecule has 13 heteroatoms. The summed E-state index contributed by atoms with van der Waals surface area (Å²) in [5.41, 5.74) is 0.640. The summed E-state index contributed by atoms with van der Waals surface area (Å²) in [7, 11) is 0. The maximum Gasteiger partial charge on any atom is 0.461 e. The quantitative estimate of drug-likeness (QED) is 0.174. The van der Waals surface area contributed by atoms with E-state index in [0.717, 1.165) is 22.9 Å². The summed E-state index contributed by atoms with van der Waals surface area (Å²) >= 11 is 0. The van der Waals surface area contributed by atoms with Gasteiger partial charge in [0.05, 0.1) is 11.6 Å². The van der Waals surface area contributed by atoms with Crippen molar-refractivity contribution in [3.05, 3.63) is 89.5 Å². The molecule has 0 aromatic heterocycles. The molecule has 0 amide bonds. The van der Waals surface area contributed by atoms with Crippen LogP contribution in [0.25, 0.3) is 0 Å². The molecular weight excluding hydrogens is 539 g/mol. The third kappa shape index (κ3) is 8.43.